The van der Waals surface area contributed by atoms with Crippen molar-refractivity contribution in [2.75, 3.05) is 35.0 Å². The van der Waals surface area contributed by atoms with Crippen LogP contribution in [0.5, 0.6) is 23.0 Å². The predicted octanol–water partition coefficient (Wildman–Crippen LogP) is 2.25. The summed E-state index contributed by atoms with van der Waals surface area (Å²) in [6.07, 6.45) is -0.883. The van der Waals surface area contributed by atoms with Crippen molar-refractivity contribution in [3.63, 3.8) is 0 Å². The molecule has 8 nitrogen and oxygen atoms in total. The van der Waals surface area contributed by atoms with E-state index in [4.69, 9.17) is 18.9 Å². The van der Waals surface area contributed by atoms with Crippen LogP contribution in [0.15, 0.2) is 36.4 Å². The second-order valence-corrected chi connectivity index (χ2v) is 5.88. The van der Waals surface area contributed by atoms with Gasteiger partial charge in [-0.2, -0.15) is 0 Å². The number of aliphatic hydroxyl groups is 1. The Morgan fingerprint density at radius 2 is 1.43 bits per heavy atom. The molecular formula is C20H26N2O6. The highest BCUT2D eigenvalue weighted by Crippen LogP contribution is 2.30. The van der Waals surface area contributed by atoms with E-state index in [-0.39, 0.29) is 6.54 Å². The second-order valence-electron chi connectivity index (χ2n) is 5.88. The first-order chi connectivity index (χ1) is 13.5. The van der Waals surface area contributed by atoms with E-state index in [1.165, 1.54) is 14.2 Å². The van der Waals surface area contributed by atoms with Crippen molar-refractivity contribution in [1.29, 1.82) is 0 Å². The molecule has 28 heavy (non-hydrogen) atoms. The quantitative estimate of drug-likeness (QED) is 0.608. The SMILES string of the molecule is COc1ccc(CNC(=O)NC[C@H](O)c2ccc(OC)c(OC)c2)cc1OC. The fourth-order valence-corrected chi connectivity index (χ4v) is 2.60. The van der Waals surface area contributed by atoms with Crippen LogP contribution >= 0.6 is 0 Å². The monoisotopic (exact) mass is 390 g/mol. The molecule has 2 rings (SSSR count). The van der Waals surface area contributed by atoms with Crippen LogP contribution in [-0.2, 0) is 6.54 Å². The predicted molar refractivity (Wildman–Crippen MR) is 104 cm³/mol. The normalized spacial score (nSPS) is 11.3. The molecule has 0 saturated carbocycles. The number of hydrogen-bond donors (Lipinski definition) is 3. The summed E-state index contributed by atoms with van der Waals surface area (Å²) in [5.74, 6) is 2.29. The number of benzene rings is 2. The Kier molecular flexibility index (Phi) is 7.76. The zero-order valence-electron chi connectivity index (χ0n) is 16.4. The van der Waals surface area contributed by atoms with Crippen LogP contribution in [0.25, 0.3) is 0 Å². The number of carbonyl (C=O) groups excluding carboxylic acids is 1. The van der Waals surface area contributed by atoms with E-state index < -0.39 is 12.1 Å². The average Bonchev–Trinajstić information content (AvgIpc) is 2.74. The van der Waals surface area contributed by atoms with Crippen molar-refractivity contribution in [3.05, 3.63) is 47.5 Å². The Morgan fingerprint density at radius 3 is 2.04 bits per heavy atom. The number of aliphatic hydroxyl groups excluding tert-OH is 1. The van der Waals surface area contributed by atoms with Crippen LogP contribution in [0.1, 0.15) is 17.2 Å². The summed E-state index contributed by atoms with van der Waals surface area (Å²) in [5.41, 5.74) is 1.46. The molecule has 2 amide bonds. The van der Waals surface area contributed by atoms with Crippen LogP contribution in [0.2, 0.25) is 0 Å². The molecule has 0 unspecified atom stereocenters. The lowest BCUT2D eigenvalue weighted by atomic mass is 10.1. The minimum atomic E-state index is -0.883. The number of nitrogens with one attached hydrogen (secondary N) is 2. The third-order valence-corrected chi connectivity index (χ3v) is 4.15. The Hall–Kier alpha value is -3.13. The second kappa shape index (κ2) is 10.3. The van der Waals surface area contributed by atoms with Crippen LogP contribution in [-0.4, -0.2) is 46.1 Å². The fraction of sp³-hybridized carbons (Fsp3) is 0.350. The standard InChI is InChI=1S/C20H26N2O6/c1-25-16-7-5-13(9-18(16)27-3)11-21-20(24)22-12-15(23)14-6-8-17(26-2)19(10-14)28-4/h5-10,15,23H,11-12H2,1-4H3,(H2,21,22,24)/t15-/m0/s1. The number of urea groups is 1. The maximum Gasteiger partial charge on any atom is 0.315 e. The molecule has 0 fully saturated rings. The van der Waals surface area contributed by atoms with Gasteiger partial charge < -0.3 is 34.7 Å². The van der Waals surface area contributed by atoms with Crippen molar-refractivity contribution >= 4 is 6.03 Å². The smallest absolute Gasteiger partial charge is 0.315 e. The number of rotatable bonds is 9. The number of ether oxygens (including phenoxy) is 4. The van der Waals surface area contributed by atoms with E-state index >= 15 is 0 Å². The molecule has 8 heteroatoms. The zero-order chi connectivity index (χ0) is 20.5. The van der Waals surface area contributed by atoms with E-state index in [2.05, 4.69) is 10.6 Å². The molecule has 0 aliphatic carbocycles. The molecule has 0 aliphatic rings. The first-order valence-corrected chi connectivity index (χ1v) is 8.65. The van der Waals surface area contributed by atoms with Crippen molar-refractivity contribution in [1.82, 2.24) is 10.6 Å². The first-order valence-electron chi connectivity index (χ1n) is 8.65. The van der Waals surface area contributed by atoms with Crippen molar-refractivity contribution < 1.29 is 28.8 Å². The van der Waals surface area contributed by atoms with Gasteiger partial charge in [-0.15, -0.1) is 0 Å². The maximum absolute atomic E-state index is 12.0. The van der Waals surface area contributed by atoms with Gasteiger partial charge in [0.05, 0.1) is 34.5 Å². The van der Waals surface area contributed by atoms with Gasteiger partial charge in [-0.1, -0.05) is 12.1 Å². The molecular weight excluding hydrogens is 364 g/mol. The average molecular weight is 390 g/mol. The molecule has 2 aromatic carbocycles. The molecule has 1 atom stereocenters. The van der Waals surface area contributed by atoms with Gasteiger partial charge in [0.25, 0.3) is 0 Å². The molecule has 3 N–H and O–H groups in total. The van der Waals surface area contributed by atoms with Gasteiger partial charge in [0.2, 0.25) is 0 Å². The number of methoxy groups -OCH3 is 4. The maximum atomic E-state index is 12.0. The molecule has 0 aromatic heterocycles. The Labute approximate surface area is 164 Å². The third kappa shape index (κ3) is 5.43. The molecule has 152 valence electrons. The molecule has 0 spiro atoms. The highest BCUT2D eigenvalue weighted by molar-refractivity contribution is 5.73. The van der Waals surface area contributed by atoms with Crippen molar-refractivity contribution in [2.45, 2.75) is 12.6 Å². The lowest BCUT2D eigenvalue weighted by Gasteiger charge is -2.15. The Morgan fingerprint density at radius 1 is 0.857 bits per heavy atom. The van der Waals surface area contributed by atoms with Gasteiger partial charge in [-0.05, 0) is 35.4 Å². The Balaban J connectivity index is 1.87. The van der Waals surface area contributed by atoms with Crippen LogP contribution in [0.4, 0.5) is 4.79 Å². The van der Waals surface area contributed by atoms with Gasteiger partial charge >= 0.3 is 6.03 Å². The molecule has 0 heterocycles. The van der Waals surface area contributed by atoms with Crippen LogP contribution in [0.3, 0.4) is 0 Å². The first kappa shape index (κ1) is 21.2. The highest BCUT2D eigenvalue weighted by Gasteiger charge is 2.13. The van der Waals surface area contributed by atoms with E-state index in [0.29, 0.717) is 35.1 Å². The van der Waals surface area contributed by atoms with E-state index in [0.717, 1.165) is 5.56 Å². The van der Waals surface area contributed by atoms with Gasteiger partial charge in [0.1, 0.15) is 0 Å². The molecule has 0 bridgehead atoms. The number of carbonyl (C=O) groups is 1. The van der Waals surface area contributed by atoms with Crippen molar-refractivity contribution in [3.8, 4) is 23.0 Å². The topological polar surface area (TPSA) is 98.3 Å². The van der Waals surface area contributed by atoms with E-state index in [1.54, 1.807) is 44.6 Å². The number of amides is 2. The molecule has 2 aromatic rings. The largest absolute Gasteiger partial charge is 0.493 e. The summed E-state index contributed by atoms with van der Waals surface area (Å²) < 4.78 is 20.8. The summed E-state index contributed by atoms with van der Waals surface area (Å²) >= 11 is 0. The molecule has 0 aliphatic heterocycles. The fourth-order valence-electron chi connectivity index (χ4n) is 2.60. The summed E-state index contributed by atoms with van der Waals surface area (Å²) in [6.45, 7) is 0.353. The summed E-state index contributed by atoms with van der Waals surface area (Å²) in [5, 5.41) is 15.7. The highest BCUT2D eigenvalue weighted by atomic mass is 16.5. The van der Waals surface area contributed by atoms with E-state index in [1.807, 2.05) is 6.07 Å². The lowest BCUT2D eigenvalue weighted by molar-refractivity contribution is 0.172. The minimum absolute atomic E-state index is 0.0489. The third-order valence-electron chi connectivity index (χ3n) is 4.15. The summed E-state index contributed by atoms with van der Waals surface area (Å²) in [4.78, 5) is 12.0. The molecule has 0 saturated heterocycles. The molecule has 0 radical (unpaired) electrons. The Bertz CT molecular complexity index is 796. The zero-order valence-corrected chi connectivity index (χ0v) is 16.4. The van der Waals surface area contributed by atoms with Crippen molar-refractivity contribution in [2.24, 2.45) is 0 Å². The van der Waals surface area contributed by atoms with E-state index in [9.17, 15) is 9.90 Å². The van der Waals surface area contributed by atoms with Gasteiger partial charge in [0.15, 0.2) is 23.0 Å². The van der Waals surface area contributed by atoms with Crippen LogP contribution < -0.4 is 29.6 Å². The summed E-state index contributed by atoms with van der Waals surface area (Å²) in [6, 6.07) is 10.1. The van der Waals surface area contributed by atoms with Gasteiger partial charge in [-0.3, -0.25) is 0 Å². The number of hydrogen-bond acceptors (Lipinski definition) is 6. The lowest BCUT2D eigenvalue weighted by Crippen LogP contribution is -2.37. The summed E-state index contributed by atoms with van der Waals surface area (Å²) in [7, 11) is 6.18. The van der Waals surface area contributed by atoms with Gasteiger partial charge in [-0.25, -0.2) is 4.79 Å². The minimum Gasteiger partial charge on any atom is -0.493 e. The van der Waals surface area contributed by atoms with Crippen LogP contribution in [0, 0.1) is 0 Å². The van der Waals surface area contributed by atoms with Gasteiger partial charge in [0, 0.05) is 13.1 Å².